The van der Waals surface area contributed by atoms with Gasteiger partial charge < -0.3 is 15.8 Å². The summed E-state index contributed by atoms with van der Waals surface area (Å²) in [5.74, 6) is -1.60. The fourth-order valence-corrected chi connectivity index (χ4v) is 3.04. The zero-order chi connectivity index (χ0) is 20.9. The number of hydrogen-bond acceptors (Lipinski definition) is 5. The van der Waals surface area contributed by atoms with Gasteiger partial charge in [-0.05, 0) is 42.3 Å². The number of aromatic nitrogens is 2. The number of carbonyl (C=O) groups excluding carboxylic acids is 1. The highest BCUT2D eigenvalue weighted by atomic mass is 79.9. The van der Waals surface area contributed by atoms with Crippen LogP contribution >= 0.6 is 15.9 Å². The highest BCUT2D eigenvalue weighted by Gasteiger charge is 2.28. The average molecular weight is 459 g/mol. The third kappa shape index (κ3) is 5.83. The predicted octanol–water partition coefficient (Wildman–Crippen LogP) is 2.94. The first-order chi connectivity index (χ1) is 13.1. The molecule has 1 amide bonds. The summed E-state index contributed by atoms with van der Waals surface area (Å²) in [4.78, 5) is 29.9. The third-order valence-corrected chi connectivity index (χ3v) is 4.66. The lowest BCUT2D eigenvalue weighted by Gasteiger charge is -2.26. The summed E-state index contributed by atoms with van der Waals surface area (Å²) in [5.41, 5.74) is 4.09. The molecule has 0 saturated heterocycles. The first-order valence-electron chi connectivity index (χ1n) is 8.50. The van der Waals surface area contributed by atoms with Gasteiger partial charge in [-0.2, -0.15) is 0 Å². The van der Waals surface area contributed by atoms with Crippen LogP contribution in [0.5, 0.6) is 0 Å². The van der Waals surface area contributed by atoms with Gasteiger partial charge in [-0.15, -0.1) is 0 Å². The van der Waals surface area contributed by atoms with E-state index in [-0.39, 0.29) is 29.0 Å². The molecular weight excluding hydrogens is 438 g/mol. The molecule has 0 aliphatic heterocycles. The number of anilines is 1. The van der Waals surface area contributed by atoms with Crippen LogP contribution in [0.4, 0.5) is 14.7 Å². The number of nitrogens with zero attached hydrogens (tertiary/aromatic N) is 1. The second kappa shape index (κ2) is 9.24. The summed E-state index contributed by atoms with van der Waals surface area (Å²) in [7, 11) is 0. The molecule has 0 spiro atoms. The minimum atomic E-state index is -1.06. The highest BCUT2D eigenvalue weighted by molar-refractivity contribution is 9.10. The Labute approximate surface area is 168 Å². The highest BCUT2D eigenvalue weighted by Crippen LogP contribution is 2.29. The Morgan fingerprint density at radius 3 is 2.75 bits per heavy atom. The number of nitrogens with one attached hydrogen (secondary N) is 2. The second-order valence-electron chi connectivity index (χ2n) is 6.61. The van der Waals surface area contributed by atoms with E-state index in [9.17, 15) is 18.4 Å². The van der Waals surface area contributed by atoms with Crippen molar-refractivity contribution in [3.8, 4) is 0 Å². The number of H-pyrrole nitrogens is 1. The number of nitrogens with two attached hydrogens (primary N) is 1. The first kappa shape index (κ1) is 22.0. The molecule has 0 fully saturated rings. The van der Waals surface area contributed by atoms with Gasteiger partial charge in [0.2, 0.25) is 11.9 Å². The molecule has 28 heavy (non-hydrogen) atoms. The topological polar surface area (TPSA) is 110 Å². The van der Waals surface area contributed by atoms with Crippen LogP contribution in [-0.4, -0.2) is 22.4 Å². The summed E-state index contributed by atoms with van der Waals surface area (Å²) in [6, 6.07) is 3.22. The number of benzene rings is 1. The van der Waals surface area contributed by atoms with Crippen LogP contribution in [0.25, 0.3) is 0 Å². The van der Waals surface area contributed by atoms with Gasteiger partial charge in [-0.25, -0.2) is 13.8 Å². The van der Waals surface area contributed by atoms with Gasteiger partial charge in [0.15, 0.2) is 0 Å². The summed E-state index contributed by atoms with van der Waals surface area (Å²) in [6.07, 6.45) is 0.687. The Bertz CT molecular complexity index is 918. The molecule has 1 aromatic heterocycles. The lowest BCUT2D eigenvalue weighted by molar-refractivity contribution is -0.118. The number of rotatable bonds is 9. The quantitative estimate of drug-likeness (QED) is 0.500. The van der Waals surface area contributed by atoms with Gasteiger partial charge in [-0.1, -0.05) is 6.07 Å². The molecule has 7 nitrogen and oxygen atoms in total. The molecular formula is C18H21BrF2N4O3. The van der Waals surface area contributed by atoms with E-state index in [0.29, 0.717) is 18.7 Å². The van der Waals surface area contributed by atoms with Crippen LogP contribution in [0, 0.1) is 11.6 Å². The van der Waals surface area contributed by atoms with Gasteiger partial charge in [0, 0.05) is 24.6 Å². The largest absolute Gasteiger partial charge is 0.370 e. The number of hydrogen-bond donors (Lipinski definition) is 3. The van der Waals surface area contributed by atoms with Crippen LogP contribution in [0.1, 0.15) is 37.9 Å². The molecule has 2 rings (SSSR count). The number of aromatic amines is 1. The number of primary amides is 1. The monoisotopic (exact) mass is 458 g/mol. The lowest BCUT2D eigenvalue weighted by atomic mass is 10.0. The summed E-state index contributed by atoms with van der Waals surface area (Å²) >= 11 is 3.20. The van der Waals surface area contributed by atoms with Crippen molar-refractivity contribution in [3.63, 3.8) is 0 Å². The SMILES string of the molecule is CC(C)(OCc1ccc(F)cc1F)c1nc(NCCCC(N)=O)[nH]c(=O)c1Br. The minimum Gasteiger partial charge on any atom is -0.370 e. The Morgan fingerprint density at radius 2 is 2.11 bits per heavy atom. The number of ether oxygens (including phenoxy) is 1. The van der Waals surface area contributed by atoms with Gasteiger partial charge in [-0.3, -0.25) is 14.6 Å². The Kier molecular flexibility index (Phi) is 7.25. The van der Waals surface area contributed by atoms with Crippen LogP contribution in [0.3, 0.4) is 0 Å². The Hall–Kier alpha value is -2.33. The maximum Gasteiger partial charge on any atom is 0.266 e. The Balaban J connectivity index is 2.16. The molecule has 0 atom stereocenters. The van der Waals surface area contributed by atoms with E-state index in [0.717, 1.165) is 12.1 Å². The zero-order valence-electron chi connectivity index (χ0n) is 15.4. The van der Waals surface area contributed by atoms with Gasteiger partial charge >= 0.3 is 0 Å². The molecule has 0 bridgehead atoms. The van der Waals surface area contributed by atoms with Crippen molar-refractivity contribution in [2.75, 3.05) is 11.9 Å². The number of amides is 1. The molecule has 0 unspecified atom stereocenters. The van der Waals surface area contributed by atoms with Crippen LogP contribution < -0.4 is 16.6 Å². The maximum absolute atomic E-state index is 13.8. The molecule has 1 aromatic carbocycles. The zero-order valence-corrected chi connectivity index (χ0v) is 17.0. The summed E-state index contributed by atoms with van der Waals surface area (Å²) in [5, 5.41) is 2.92. The molecule has 0 radical (unpaired) electrons. The van der Waals surface area contributed by atoms with Crippen molar-refractivity contribution in [1.82, 2.24) is 9.97 Å². The fourth-order valence-electron chi connectivity index (χ4n) is 2.38. The molecule has 2 aromatic rings. The Morgan fingerprint density at radius 1 is 1.39 bits per heavy atom. The fraction of sp³-hybridized carbons (Fsp3) is 0.389. The van der Waals surface area contributed by atoms with Gasteiger partial charge in [0.25, 0.3) is 5.56 Å². The van der Waals surface area contributed by atoms with E-state index in [1.165, 1.54) is 6.07 Å². The smallest absolute Gasteiger partial charge is 0.266 e. The van der Waals surface area contributed by atoms with Crippen LogP contribution in [0.15, 0.2) is 27.5 Å². The van der Waals surface area contributed by atoms with Gasteiger partial charge in [0.05, 0.1) is 12.3 Å². The molecule has 0 aliphatic rings. The summed E-state index contributed by atoms with van der Waals surface area (Å²) < 4.78 is 32.8. The summed E-state index contributed by atoms with van der Waals surface area (Å²) in [6.45, 7) is 3.60. The predicted molar refractivity (Wildman–Crippen MR) is 104 cm³/mol. The minimum absolute atomic E-state index is 0.137. The molecule has 10 heteroatoms. The second-order valence-corrected chi connectivity index (χ2v) is 7.40. The first-order valence-corrected chi connectivity index (χ1v) is 9.30. The maximum atomic E-state index is 13.8. The van der Waals surface area contributed by atoms with E-state index in [1.807, 2.05) is 0 Å². The van der Waals surface area contributed by atoms with Crippen LogP contribution in [0.2, 0.25) is 0 Å². The molecule has 4 N–H and O–H groups in total. The third-order valence-electron chi connectivity index (χ3n) is 3.93. The molecule has 0 saturated carbocycles. The van der Waals surface area contributed by atoms with E-state index >= 15 is 0 Å². The lowest BCUT2D eigenvalue weighted by Crippen LogP contribution is -2.28. The van der Waals surface area contributed by atoms with Crippen molar-refractivity contribution in [2.45, 2.75) is 38.9 Å². The van der Waals surface area contributed by atoms with E-state index in [4.69, 9.17) is 10.5 Å². The normalized spacial score (nSPS) is 11.5. The van der Waals surface area contributed by atoms with Crippen molar-refractivity contribution < 1.29 is 18.3 Å². The van der Waals surface area contributed by atoms with Crippen molar-refractivity contribution in [1.29, 1.82) is 0 Å². The van der Waals surface area contributed by atoms with Gasteiger partial charge in [0.1, 0.15) is 21.7 Å². The number of halogens is 3. The van der Waals surface area contributed by atoms with Crippen molar-refractivity contribution in [2.24, 2.45) is 5.73 Å². The molecule has 152 valence electrons. The molecule has 0 aliphatic carbocycles. The van der Waals surface area contributed by atoms with Crippen molar-refractivity contribution in [3.05, 3.63) is 55.9 Å². The van der Waals surface area contributed by atoms with E-state index in [2.05, 4.69) is 31.2 Å². The van der Waals surface area contributed by atoms with E-state index < -0.39 is 28.7 Å². The molecule has 1 heterocycles. The number of carbonyl (C=O) groups is 1. The van der Waals surface area contributed by atoms with E-state index in [1.54, 1.807) is 13.8 Å². The van der Waals surface area contributed by atoms with Crippen LogP contribution in [-0.2, 0) is 21.7 Å². The van der Waals surface area contributed by atoms with Crippen molar-refractivity contribution >= 4 is 27.8 Å². The standard InChI is InChI=1S/C18H21BrF2N4O3/c1-18(2,28-9-10-5-6-11(20)8-12(10)21)15-14(19)16(27)25-17(24-15)23-7-3-4-13(22)26/h5-6,8H,3-4,7,9H2,1-2H3,(H2,22,26)(H2,23,24,25,27). The average Bonchev–Trinajstić information content (AvgIpc) is 2.60.